The van der Waals surface area contributed by atoms with E-state index in [1.54, 1.807) is 6.20 Å². The molecule has 4 N–H and O–H groups in total. The molecule has 1 aliphatic rings. The Balaban J connectivity index is 2.10. The van der Waals surface area contributed by atoms with Crippen LogP contribution in [0.5, 0.6) is 0 Å². The third-order valence-electron chi connectivity index (χ3n) is 12.3. The molecule has 1 atom stereocenters. The van der Waals surface area contributed by atoms with Gasteiger partial charge in [0.15, 0.2) is 6.29 Å². The van der Waals surface area contributed by atoms with Crippen LogP contribution < -0.4 is 5.32 Å². The minimum absolute atomic E-state index is 0.0138. The lowest BCUT2D eigenvalue weighted by Gasteiger charge is -2.33. The molecule has 1 unspecified atom stereocenters. The number of aldehydes is 1. The van der Waals surface area contributed by atoms with Crippen LogP contribution in [0.4, 0.5) is 0 Å². The maximum atomic E-state index is 14.4. The maximum Gasteiger partial charge on any atom is 0.310 e. The molecule has 3 aromatic rings. The molecule has 0 fully saturated rings. The van der Waals surface area contributed by atoms with Gasteiger partial charge >= 0.3 is 47.8 Å². The highest BCUT2D eigenvalue weighted by Crippen LogP contribution is 2.41. The summed E-state index contributed by atoms with van der Waals surface area (Å²) in [6.07, 6.45) is -0.439. The number of carbonyl (C=O) groups is 10. The molecule has 3 aromatic heterocycles. The summed E-state index contributed by atoms with van der Waals surface area (Å²) < 4.78 is 39.8. The molecule has 0 aromatic carbocycles. The Kier molecular flexibility index (Phi) is 20.2. The number of amides is 1. The van der Waals surface area contributed by atoms with Crippen LogP contribution in [0.3, 0.4) is 0 Å². The van der Waals surface area contributed by atoms with E-state index in [0.717, 1.165) is 0 Å². The van der Waals surface area contributed by atoms with Crippen LogP contribution in [0.15, 0.2) is 17.3 Å². The third kappa shape index (κ3) is 13.8. The number of aromatic nitrogens is 3. The van der Waals surface area contributed by atoms with E-state index in [-0.39, 0.29) is 107 Å². The maximum absolute atomic E-state index is 14.4. The van der Waals surface area contributed by atoms with Gasteiger partial charge in [-0.05, 0) is 64.6 Å². The van der Waals surface area contributed by atoms with Gasteiger partial charge in [0.2, 0.25) is 5.91 Å². The molecule has 0 saturated carbocycles. The number of rotatable bonds is 27. The Morgan fingerprint density at radius 3 is 1.43 bits per heavy atom. The van der Waals surface area contributed by atoms with Crippen molar-refractivity contribution in [3.8, 4) is 0 Å². The lowest BCUT2D eigenvalue weighted by molar-refractivity contribution is -0.141. The molecule has 0 aliphatic carbocycles. The van der Waals surface area contributed by atoms with Crippen LogP contribution in [-0.4, -0.2) is 137 Å². The van der Waals surface area contributed by atoms with Gasteiger partial charge in [0, 0.05) is 79.5 Å². The fraction of sp³-hybridized carbons (Fsp3) is 0.500. The monoisotopic (exact) mass is 980 g/mol. The summed E-state index contributed by atoms with van der Waals surface area (Å²) in [6, 6.07) is 0. The molecule has 380 valence electrons. The van der Waals surface area contributed by atoms with Crippen LogP contribution >= 0.6 is 0 Å². The lowest BCUT2D eigenvalue weighted by Crippen LogP contribution is -2.49. The average molecular weight is 981 g/mol. The van der Waals surface area contributed by atoms with Gasteiger partial charge in [-0.1, -0.05) is 0 Å². The van der Waals surface area contributed by atoms with Crippen molar-refractivity contribution < 1.29 is 85.8 Å². The van der Waals surface area contributed by atoms with E-state index in [9.17, 15) is 47.9 Å². The standard InChI is InChI=1S/C48H60N4O18/c1-63-39(54)13-9-27-26(17-43(58)67-5)24-49-36(27)22-48(33(20-46(61)70-8)30(47(62)52-48)12-16-42(57)66-4)23-37-32(19-45(60)69-7)28(10-14-40(55)64-2)34(50-37)21-35-31(18-44(59)68-6)29(38(25-53)51-35)11-15-41(56)65-3/h24-25,49-51H,9-23H2,1-8H3,(H,52,62). The topological polar surface area (TPSA) is 304 Å². The Morgan fingerprint density at radius 1 is 0.486 bits per heavy atom. The summed E-state index contributed by atoms with van der Waals surface area (Å²) in [5.41, 5.74) is 2.78. The number of hydrogen-bond donors (Lipinski definition) is 4. The number of methoxy groups -OCH3 is 8. The Bertz CT molecular complexity index is 2510. The van der Waals surface area contributed by atoms with Crippen LogP contribution in [0.1, 0.15) is 105 Å². The number of hydrogen-bond acceptors (Lipinski definition) is 18. The van der Waals surface area contributed by atoms with Gasteiger partial charge in [0.1, 0.15) is 0 Å². The lowest BCUT2D eigenvalue weighted by atomic mass is 9.77. The third-order valence-corrected chi connectivity index (χ3v) is 12.3. The first kappa shape index (κ1) is 55.1. The van der Waals surface area contributed by atoms with Crippen molar-refractivity contribution in [3.05, 3.63) is 79.2 Å². The predicted molar refractivity (Wildman–Crippen MR) is 242 cm³/mol. The molecule has 22 nitrogen and oxygen atoms in total. The van der Waals surface area contributed by atoms with Crippen molar-refractivity contribution in [1.82, 2.24) is 20.3 Å². The first-order valence-corrected chi connectivity index (χ1v) is 22.1. The number of aromatic amines is 3. The van der Waals surface area contributed by atoms with E-state index in [1.807, 2.05) is 0 Å². The Morgan fingerprint density at radius 2 is 0.914 bits per heavy atom. The summed E-state index contributed by atoms with van der Waals surface area (Å²) >= 11 is 0. The molecule has 1 amide bonds. The van der Waals surface area contributed by atoms with Gasteiger partial charge in [-0.15, -0.1) is 0 Å². The summed E-state index contributed by atoms with van der Waals surface area (Å²) in [4.78, 5) is 139. The van der Waals surface area contributed by atoms with Crippen LogP contribution in [0.2, 0.25) is 0 Å². The Labute approximate surface area is 403 Å². The Hall–Kier alpha value is -7.52. The van der Waals surface area contributed by atoms with Crippen LogP contribution in [-0.2, 0) is 139 Å². The van der Waals surface area contributed by atoms with E-state index < -0.39 is 65.6 Å². The molecule has 22 heteroatoms. The summed E-state index contributed by atoms with van der Waals surface area (Å²) in [6.45, 7) is 0. The van der Waals surface area contributed by atoms with E-state index in [1.165, 1.54) is 56.9 Å². The van der Waals surface area contributed by atoms with Crippen molar-refractivity contribution in [2.75, 3.05) is 56.9 Å². The molecule has 4 rings (SSSR count). The van der Waals surface area contributed by atoms with Crippen molar-refractivity contribution in [1.29, 1.82) is 0 Å². The highest BCUT2D eigenvalue weighted by atomic mass is 16.5. The number of H-pyrrole nitrogens is 3. The van der Waals surface area contributed by atoms with E-state index in [2.05, 4.69) is 20.3 Å². The average Bonchev–Trinajstić information content (AvgIpc) is 4.06. The highest BCUT2D eigenvalue weighted by molar-refractivity contribution is 6.00. The van der Waals surface area contributed by atoms with Crippen molar-refractivity contribution in [2.45, 2.75) is 102 Å². The number of nitrogens with one attached hydrogen (secondary N) is 4. The highest BCUT2D eigenvalue weighted by Gasteiger charge is 2.47. The minimum Gasteiger partial charge on any atom is -0.469 e. The second kappa shape index (κ2) is 25.7. The SMILES string of the molecule is COC(=O)CCC1=C(CC(=O)OC)C(Cc2[nH]cc(CC(=O)OC)c2CCC(=O)OC)(Cc2[nH]c(Cc3[nH]c(C=O)c(CCC(=O)OC)c3CC(=O)OC)c(CCC(=O)OC)c2CC(=O)OC)NC1=O. The van der Waals surface area contributed by atoms with Crippen molar-refractivity contribution in [3.63, 3.8) is 0 Å². The van der Waals surface area contributed by atoms with E-state index in [4.69, 9.17) is 37.9 Å². The van der Waals surface area contributed by atoms with Gasteiger partial charge in [0.05, 0.1) is 93.8 Å². The van der Waals surface area contributed by atoms with Gasteiger partial charge in [-0.3, -0.25) is 47.9 Å². The van der Waals surface area contributed by atoms with E-state index >= 15 is 0 Å². The minimum atomic E-state index is -1.61. The van der Waals surface area contributed by atoms with Crippen LogP contribution in [0.25, 0.3) is 0 Å². The summed E-state index contributed by atoms with van der Waals surface area (Å²) in [7, 11) is 9.63. The fourth-order valence-electron chi connectivity index (χ4n) is 8.76. The predicted octanol–water partition coefficient (Wildman–Crippen LogP) is 2.00. The quantitative estimate of drug-likeness (QED) is 0.0482. The molecular formula is C48H60N4O18. The smallest absolute Gasteiger partial charge is 0.310 e. The molecule has 0 radical (unpaired) electrons. The fourth-order valence-corrected chi connectivity index (χ4v) is 8.76. The van der Waals surface area contributed by atoms with Crippen LogP contribution in [0, 0.1) is 0 Å². The van der Waals surface area contributed by atoms with Gasteiger partial charge in [-0.25, -0.2) is 0 Å². The molecule has 70 heavy (non-hydrogen) atoms. The molecular weight excluding hydrogens is 921 g/mol. The molecule has 1 aliphatic heterocycles. The summed E-state index contributed by atoms with van der Waals surface area (Å²) in [5, 5.41) is 3.10. The molecule has 0 spiro atoms. The van der Waals surface area contributed by atoms with Gasteiger partial charge in [-0.2, -0.15) is 0 Å². The molecule has 0 bridgehead atoms. The zero-order chi connectivity index (χ0) is 51.7. The van der Waals surface area contributed by atoms with Crippen molar-refractivity contribution >= 4 is 59.9 Å². The zero-order valence-electron chi connectivity index (χ0n) is 40.6. The normalized spacial score (nSPS) is 14.1. The number of ether oxygens (including phenoxy) is 8. The summed E-state index contributed by atoms with van der Waals surface area (Å²) in [5.74, 6) is -5.64. The largest absolute Gasteiger partial charge is 0.469 e. The first-order valence-electron chi connectivity index (χ1n) is 22.1. The van der Waals surface area contributed by atoms with Gasteiger partial charge in [0.25, 0.3) is 0 Å². The van der Waals surface area contributed by atoms with Gasteiger partial charge < -0.3 is 58.2 Å². The molecule has 4 heterocycles. The van der Waals surface area contributed by atoms with E-state index in [0.29, 0.717) is 62.4 Å². The first-order chi connectivity index (χ1) is 33.4. The number of esters is 8. The second-order valence-electron chi connectivity index (χ2n) is 16.2. The number of carbonyl (C=O) groups excluding carboxylic acids is 10. The molecule has 0 saturated heterocycles. The second-order valence-corrected chi connectivity index (χ2v) is 16.2. The zero-order valence-corrected chi connectivity index (χ0v) is 40.6. The van der Waals surface area contributed by atoms with Crippen molar-refractivity contribution in [2.24, 2.45) is 0 Å².